The molecule has 122 valence electrons. The molecule has 2 aromatic rings. The minimum Gasteiger partial charge on any atom is -0.396 e. The Bertz CT molecular complexity index is 636. The third-order valence-electron chi connectivity index (χ3n) is 3.81. The Balaban J connectivity index is 1.70. The molecule has 0 atom stereocenters. The summed E-state index contributed by atoms with van der Waals surface area (Å²) in [5.41, 5.74) is 3.25. The number of fused-ring (bicyclic) bond motifs is 1. The fraction of sp³-hybridized carbons (Fsp3) is 0.471. The minimum absolute atomic E-state index is 0.271. The SMILES string of the molecule is OCCCSCCNc1nc(-c2ccccn2)nc2c1CCC2. The quantitative estimate of drug-likeness (QED) is 0.725. The van der Waals surface area contributed by atoms with Crippen LogP contribution in [-0.2, 0) is 12.8 Å². The number of aliphatic hydroxyl groups excluding tert-OH is 1. The van der Waals surface area contributed by atoms with Crippen molar-refractivity contribution in [2.45, 2.75) is 25.7 Å². The second kappa shape index (κ2) is 8.26. The van der Waals surface area contributed by atoms with Gasteiger partial charge in [0, 0.05) is 36.4 Å². The maximum Gasteiger partial charge on any atom is 0.180 e. The molecule has 0 saturated carbocycles. The standard InChI is InChI=1S/C17H22N4OS/c22-10-4-11-23-12-9-19-16-13-5-3-7-14(13)20-17(21-16)15-6-1-2-8-18-15/h1-2,6,8,22H,3-5,7,9-12H2,(H,19,20,21). The number of aryl methyl sites for hydroxylation is 1. The molecule has 2 heterocycles. The number of anilines is 1. The first-order valence-corrected chi connectivity index (χ1v) is 9.27. The van der Waals surface area contributed by atoms with E-state index >= 15 is 0 Å². The molecule has 0 aromatic carbocycles. The van der Waals surface area contributed by atoms with Crippen molar-refractivity contribution in [3.05, 3.63) is 35.7 Å². The van der Waals surface area contributed by atoms with Crippen LogP contribution in [0.25, 0.3) is 11.5 Å². The van der Waals surface area contributed by atoms with E-state index in [1.807, 2.05) is 30.0 Å². The van der Waals surface area contributed by atoms with Gasteiger partial charge in [-0.05, 0) is 43.6 Å². The number of hydrogen-bond acceptors (Lipinski definition) is 6. The Morgan fingerprint density at radius 1 is 1.17 bits per heavy atom. The van der Waals surface area contributed by atoms with E-state index in [1.54, 1.807) is 6.20 Å². The molecule has 0 radical (unpaired) electrons. The molecular weight excluding hydrogens is 308 g/mol. The van der Waals surface area contributed by atoms with Crippen molar-refractivity contribution >= 4 is 17.6 Å². The first-order chi connectivity index (χ1) is 11.4. The van der Waals surface area contributed by atoms with Crippen molar-refractivity contribution in [3.8, 4) is 11.5 Å². The number of aromatic nitrogens is 3. The lowest BCUT2D eigenvalue weighted by Gasteiger charge is -2.12. The molecule has 1 aliphatic rings. The Kier molecular flexibility index (Phi) is 5.82. The van der Waals surface area contributed by atoms with E-state index in [9.17, 15) is 0 Å². The highest BCUT2D eigenvalue weighted by Gasteiger charge is 2.20. The topological polar surface area (TPSA) is 70.9 Å². The van der Waals surface area contributed by atoms with Gasteiger partial charge in [-0.2, -0.15) is 11.8 Å². The molecule has 6 heteroatoms. The number of pyridine rings is 1. The summed E-state index contributed by atoms with van der Waals surface area (Å²) in [6, 6.07) is 5.81. The van der Waals surface area contributed by atoms with Crippen LogP contribution in [0.15, 0.2) is 24.4 Å². The van der Waals surface area contributed by atoms with Gasteiger partial charge in [0.25, 0.3) is 0 Å². The second-order valence-corrected chi connectivity index (χ2v) is 6.73. The van der Waals surface area contributed by atoms with Crippen LogP contribution in [0.5, 0.6) is 0 Å². The maximum atomic E-state index is 8.79. The Hall–Kier alpha value is -1.66. The first-order valence-electron chi connectivity index (χ1n) is 8.12. The van der Waals surface area contributed by atoms with Gasteiger partial charge in [-0.1, -0.05) is 6.07 Å². The van der Waals surface area contributed by atoms with Crippen LogP contribution >= 0.6 is 11.8 Å². The zero-order valence-electron chi connectivity index (χ0n) is 13.2. The minimum atomic E-state index is 0.271. The molecule has 2 aromatic heterocycles. The van der Waals surface area contributed by atoms with Crippen LogP contribution in [0.2, 0.25) is 0 Å². The molecular formula is C17H22N4OS. The van der Waals surface area contributed by atoms with Crippen molar-refractivity contribution in [3.63, 3.8) is 0 Å². The van der Waals surface area contributed by atoms with Gasteiger partial charge in [0.05, 0.1) is 0 Å². The molecule has 0 saturated heterocycles. The Morgan fingerprint density at radius 2 is 2.13 bits per heavy atom. The van der Waals surface area contributed by atoms with Crippen LogP contribution in [0.3, 0.4) is 0 Å². The zero-order valence-corrected chi connectivity index (χ0v) is 14.0. The number of hydrogen-bond donors (Lipinski definition) is 2. The number of rotatable bonds is 8. The fourth-order valence-corrected chi connectivity index (χ4v) is 3.48. The lowest BCUT2D eigenvalue weighted by atomic mass is 10.2. The van der Waals surface area contributed by atoms with Gasteiger partial charge in [-0.15, -0.1) is 0 Å². The van der Waals surface area contributed by atoms with E-state index in [0.29, 0.717) is 5.82 Å². The van der Waals surface area contributed by atoms with Crippen LogP contribution in [-0.4, -0.2) is 44.7 Å². The summed E-state index contributed by atoms with van der Waals surface area (Å²) < 4.78 is 0. The zero-order chi connectivity index (χ0) is 15.9. The van der Waals surface area contributed by atoms with Gasteiger partial charge in [0.2, 0.25) is 0 Å². The highest BCUT2D eigenvalue weighted by Crippen LogP contribution is 2.28. The van der Waals surface area contributed by atoms with Gasteiger partial charge in [-0.25, -0.2) is 9.97 Å². The highest BCUT2D eigenvalue weighted by atomic mass is 32.2. The summed E-state index contributed by atoms with van der Waals surface area (Å²) in [5, 5.41) is 12.3. The van der Waals surface area contributed by atoms with Gasteiger partial charge in [0.15, 0.2) is 5.82 Å². The largest absolute Gasteiger partial charge is 0.396 e. The number of thioether (sulfide) groups is 1. The normalized spacial score (nSPS) is 13.1. The fourth-order valence-electron chi connectivity index (χ4n) is 2.70. The number of nitrogens with one attached hydrogen (secondary N) is 1. The lowest BCUT2D eigenvalue weighted by molar-refractivity contribution is 0.296. The second-order valence-electron chi connectivity index (χ2n) is 5.51. The molecule has 3 rings (SSSR count). The van der Waals surface area contributed by atoms with E-state index in [-0.39, 0.29) is 6.61 Å². The molecule has 0 aliphatic heterocycles. The Labute approximate surface area is 141 Å². The number of aliphatic hydroxyl groups is 1. The van der Waals surface area contributed by atoms with E-state index in [0.717, 1.165) is 60.9 Å². The van der Waals surface area contributed by atoms with Crippen molar-refractivity contribution in [2.24, 2.45) is 0 Å². The van der Waals surface area contributed by atoms with Crippen molar-refractivity contribution < 1.29 is 5.11 Å². The van der Waals surface area contributed by atoms with Gasteiger partial charge in [0.1, 0.15) is 11.5 Å². The predicted molar refractivity (Wildman–Crippen MR) is 94.8 cm³/mol. The molecule has 5 nitrogen and oxygen atoms in total. The summed E-state index contributed by atoms with van der Waals surface area (Å²) in [5.74, 6) is 3.69. The first kappa shape index (κ1) is 16.2. The van der Waals surface area contributed by atoms with Crippen LogP contribution in [0, 0.1) is 0 Å². The van der Waals surface area contributed by atoms with Gasteiger partial charge >= 0.3 is 0 Å². The Morgan fingerprint density at radius 3 is 2.96 bits per heavy atom. The van der Waals surface area contributed by atoms with E-state index in [2.05, 4.69) is 10.3 Å². The lowest BCUT2D eigenvalue weighted by Crippen LogP contribution is -2.10. The molecule has 23 heavy (non-hydrogen) atoms. The average molecular weight is 330 g/mol. The van der Waals surface area contributed by atoms with Crippen LogP contribution in [0.1, 0.15) is 24.1 Å². The molecule has 2 N–H and O–H groups in total. The summed E-state index contributed by atoms with van der Waals surface area (Å²) in [6.07, 6.45) is 5.86. The molecule has 1 aliphatic carbocycles. The molecule has 0 spiro atoms. The van der Waals surface area contributed by atoms with Gasteiger partial charge in [-0.3, -0.25) is 4.98 Å². The van der Waals surface area contributed by atoms with E-state index < -0.39 is 0 Å². The van der Waals surface area contributed by atoms with E-state index in [4.69, 9.17) is 15.1 Å². The van der Waals surface area contributed by atoms with Crippen molar-refractivity contribution in [2.75, 3.05) is 30.0 Å². The molecule has 0 bridgehead atoms. The van der Waals surface area contributed by atoms with Crippen LogP contribution in [0.4, 0.5) is 5.82 Å². The van der Waals surface area contributed by atoms with E-state index in [1.165, 1.54) is 5.56 Å². The highest BCUT2D eigenvalue weighted by molar-refractivity contribution is 7.99. The smallest absolute Gasteiger partial charge is 0.180 e. The predicted octanol–water partition coefficient (Wildman–Crippen LogP) is 2.55. The van der Waals surface area contributed by atoms with Crippen LogP contribution < -0.4 is 5.32 Å². The third-order valence-corrected chi connectivity index (χ3v) is 4.88. The van der Waals surface area contributed by atoms with Crippen molar-refractivity contribution in [1.29, 1.82) is 0 Å². The third kappa shape index (κ3) is 4.20. The summed E-state index contributed by atoms with van der Waals surface area (Å²) in [7, 11) is 0. The van der Waals surface area contributed by atoms with Crippen molar-refractivity contribution in [1.82, 2.24) is 15.0 Å². The maximum absolute atomic E-state index is 8.79. The molecule has 0 fully saturated rings. The average Bonchev–Trinajstić information content (AvgIpc) is 3.07. The summed E-state index contributed by atoms with van der Waals surface area (Å²) >= 11 is 1.85. The molecule has 0 unspecified atom stereocenters. The summed E-state index contributed by atoms with van der Waals surface area (Å²) in [6.45, 7) is 1.15. The van der Waals surface area contributed by atoms with Gasteiger partial charge < -0.3 is 10.4 Å². The molecule has 0 amide bonds. The number of nitrogens with zero attached hydrogens (tertiary/aromatic N) is 3. The summed E-state index contributed by atoms with van der Waals surface area (Å²) in [4.78, 5) is 13.8. The monoisotopic (exact) mass is 330 g/mol.